The molecule has 0 unspecified atom stereocenters. The summed E-state index contributed by atoms with van der Waals surface area (Å²) in [6.07, 6.45) is -1.04. The molecule has 1 rings (SSSR count). The Hall–Kier alpha value is -2.24. The van der Waals surface area contributed by atoms with Gasteiger partial charge in [-0.3, -0.25) is 0 Å². The van der Waals surface area contributed by atoms with Gasteiger partial charge in [0, 0.05) is 12.6 Å². The van der Waals surface area contributed by atoms with Crippen molar-refractivity contribution in [2.45, 2.75) is 45.9 Å². The molecule has 0 heterocycles. The van der Waals surface area contributed by atoms with Crippen molar-refractivity contribution in [3.05, 3.63) is 35.9 Å². The maximum atomic E-state index is 11.6. The highest BCUT2D eigenvalue weighted by Crippen LogP contribution is 2.06. The molecule has 0 aliphatic carbocycles. The quantitative estimate of drug-likeness (QED) is 0.877. The van der Waals surface area contributed by atoms with Gasteiger partial charge in [0.15, 0.2) is 0 Å². The Balaban J connectivity index is 2.22. The Kier molecular flexibility index (Phi) is 6.69. The van der Waals surface area contributed by atoms with Crippen LogP contribution in [0.1, 0.15) is 33.3 Å². The first-order chi connectivity index (χ1) is 10.3. The summed E-state index contributed by atoms with van der Waals surface area (Å²) in [6.45, 7) is 7.59. The predicted octanol–water partition coefficient (Wildman–Crippen LogP) is 2.83. The van der Waals surface area contributed by atoms with E-state index in [1.54, 1.807) is 27.7 Å². The highest BCUT2D eigenvalue weighted by molar-refractivity contribution is 5.69. The zero-order valence-corrected chi connectivity index (χ0v) is 13.5. The van der Waals surface area contributed by atoms with Gasteiger partial charge in [-0.1, -0.05) is 30.3 Å². The Bertz CT molecular complexity index is 483. The summed E-state index contributed by atoms with van der Waals surface area (Å²) in [5, 5.41) is 5.22. The monoisotopic (exact) mass is 308 g/mol. The molecule has 2 amide bonds. The zero-order valence-electron chi connectivity index (χ0n) is 13.5. The van der Waals surface area contributed by atoms with Crippen LogP contribution in [0.2, 0.25) is 0 Å². The first kappa shape index (κ1) is 17.8. The second-order valence-electron chi connectivity index (χ2n) is 5.99. The third kappa shape index (κ3) is 8.14. The fourth-order valence-corrected chi connectivity index (χ4v) is 1.57. The highest BCUT2D eigenvalue weighted by atomic mass is 16.6. The molecule has 0 radical (unpaired) electrons. The molecule has 0 fully saturated rings. The molecule has 0 spiro atoms. The lowest BCUT2D eigenvalue weighted by molar-refractivity contribution is 0.0521. The molecular weight excluding hydrogens is 284 g/mol. The van der Waals surface area contributed by atoms with E-state index in [9.17, 15) is 9.59 Å². The summed E-state index contributed by atoms with van der Waals surface area (Å²) >= 11 is 0. The second kappa shape index (κ2) is 8.26. The molecule has 0 bridgehead atoms. The molecule has 122 valence electrons. The van der Waals surface area contributed by atoms with E-state index < -0.39 is 17.8 Å². The maximum Gasteiger partial charge on any atom is 0.407 e. The number of carbonyl (C=O) groups excluding carboxylic acids is 2. The lowest BCUT2D eigenvalue weighted by atomic mass is 10.2. The van der Waals surface area contributed by atoms with Crippen LogP contribution in [0.25, 0.3) is 0 Å². The smallest absolute Gasteiger partial charge is 0.407 e. The summed E-state index contributed by atoms with van der Waals surface area (Å²) < 4.78 is 10.2. The molecule has 2 N–H and O–H groups in total. The topological polar surface area (TPSA) is 76.7 Å². The van der Waals surface area contributed by atoms with Crippen molar-refractivity contribution in [1.82, 2.24) is 10.6 Å². The second-order valence-corrected chi connectivity index (χ2v) is 5.99. The van der Waals surface area contributed by atoms with E-state index in [0.717, 1.165) is 5.56 Å². The largest absolute Gasteiger partial charge is 0.445 e. The molecule has 0 aromatic heterocycles. The van der Waals surface area contributed by atoms with Crippen LogP contribution in [0.3, 0.4) is 0 Å². The van der Waals surface area contributed by atoms with Crippen LogP contribution < -0.4 is 10.6 Å². The van der Waals surface area contributed by atoms with Gasteiger partial charge in [-0.05, 0) is 33.3 Å². The van der Waals surface area contributed by atoms with Crippen molar-refractivity contribution < 1.29 is 19.1 Å². The number of carbonyl (C=O) groups is 2. The normalized spacial score (nSPS) is 12.2. The van der Waals surface area contributed by atoms with Crippen LogP contribution >= 0.6 is 0 Å². The minimum Gasteiger partial charge on any atom is -0.445 e. The van der Waals surface area contributed by atoms with Gasteiger partial charge in [0.05, 0.1) is 0 Å². The number of alkyl carbamates (subject to hydrolysis) is 2. The molecule has 0 aliphatic rings. The molecule has 0 aliphatic heterocycles. The van der Waals surface area contributed by atoms with Crippen molar-refractivity contribution >= 4 is 12.2 Å². The molecule has 22 heavy (non-hydrogen) atoms. The van der Waals surface area contributed by atoms with Crippen LogP contribution in [0.5, 0.6) is 0 Å². The number of rotatable bonds is 5. The maximum absolute atomic E-state index is 11.6. The summed E-state index contributed by atoms with van der Waals surface area (Å²) in [5.74, 6) is 0. The van der Waals surface area contributed by atoms with Gasteiger partial charge in [-0.15, -0.1) is 0 Å². The van der Waals surface area contributed by atoms with Gasteiger partial charge in [-0.25, -0.2) is 9.59 Å². The van der Waals surface area contributed by atoms with Crippen molar-refractivity contribution in [2.24, 2.45) is 0 Å². The van der Waals surface area contributed by atoms with Gasteiger partial charge in [0.1, 0.15) is 12.2 Å². The van der Waals surface area contributed by atoms with E-state index in [1.807, 2.05) is 30.3 Å². The zero-order chi connectivity index (χ0) is 16.6. The molecule has 1 aromatic carbocycles. The molecule has 1 atom stereocenters. The lowest BCUT2D eigenvalue weighted by Crippen LogP contribution is -2.43. The van der Waals surface area contributed by atoms with Crippen molar-refractivity contribution in [3.63, 3.8) is 0 Å². The van der Waals surface area contributed by atoms with Crippen molar-refractivity contribution in [1.29, 1.82) is 0 Å². The molecular formula is C16H24N2O4. The van der Waals surface area contributed by atoms with Gasteiger partial charge >= 0.3 is 12.2 Å². The van der Waals surface area contributed by atoms with E-state index >= 15 is 0 Å². The van der Waals surface area contributed by atoms with Crippen molar-refractivity contribution in [2.75, 3.05) is 6.54 Å². The minimum absolute atomic E-state index is 0.207. The average molecular weight is 308 g/mol. The van der Waals surface area contributed by atoms with Gasteiger partial charge in [0.25, 0.3) is 0 Å². The van der Waals surface area contributed by atoms with E-state index in [1.165, 1.54) is 0 Å². The number of amides is 2. The SMILES string of the molecule is C[C@H](CNC(=O)OC(C)(C)C)NC(=O)OCc1ccccc1. The van der Waals surface area contributed by atoms with Crippen LogP contribution in [-0.2, 0) is 16.1 Å². The Labute approximate surface area is 131 Å². The fourth-order valence-electron chi connectivity index (χ4n) is 1.57. The first-order valence-electron chi connectivity index (χ1n) is 7.20. The Morgan fingerprint density at radius 1 is 1.14 bits per heavy atom. The summed E-state index contributed by atoms with van der Waals surface area (Å²) in [5.41, 5.74) is 0.368. The van der Waals surface area contributed by atoms with E-state index in [-0.39, 0.29) is 19.2 Å². The van der Waals surface area contributed by atoms with Gasteiger partial charge in [-0.2, -0.15) is 0 Å². The molecule has 6 nitrogen and oxygen atoms in total. The third-order valence-corrected chi connectivity index (χ3v) is 2.53. The van der Waals surface area contributed by atoms with Crippen LogP contribution in [0.15, 0.2) is 30.3 Å². The molecule has 0 saturated carbocycles. The van der Waals surface area contributed by atoms with E-state index in [2.05, 4.69) is 10.6 Å². The molecule has 0 saturated heterocycles. The van der Waals surface area contributed by atoms with Crippen LogP contribution in [0, 0.1) is 0 Å². The summed E-state index contributed by atoms with van der Waals surface area (Å²) in [6, 6.07) is 9.14. The van der Waals surface area contributed by atoms with Gasteiger partial charge < -0.3 is 20.1 Å². The number of benzene rings is 1. The summed E-state index contributed by atoms with van der Waals surface area (Å²) in [4.78, 5) is 23.1. The lowest BCUT2D eigenvalue weighted by Gasteiger charge is -2.21. The molecule has 6 heteroatoms. The predicted molar refractivity (Wildman–Crippen MR) is 83.5 cm³/mol. The van der Waals surface area contributed by atoms with Gasteiger partial charge in [0.2, 0.25) is 0 Å². The van der Waals surface area contributed by atoms with Crippen molar-refractivity contribution in [3.8, 4) is 0 Å². The first-order valence-corrected chi connectivity index (χ1v) is 7.20. The van der Waals surface area contributed by atoms with E-state index in [4.69, 9.17) is 9.47 Å². The third-order valence-electron chi connectivity index (χ3n) is 2.53. The van der Waals surface area contributed by atoms with Crippen LogP contribution in [-0.4, -0.2) is 30.4 Å². The van der Waals surface area contributed by atoms with Crippen LogP contribution in [0.4, 0.5) is 9.59 Å². The fraction of sp³-hybridized carbons (Fsp3) is 0.500. The standard InChI is InChI=1S/C16H24N2O4/c1-12(10-17-14(19)22-16(2,3)4)18-15(20)21-11-13-8-6-5-7-9-13/h5-9,12H,10-11H2,1-4H3,(H,17,19)(H,18,20)/t12-/m1/s1. The van der Waals surface area contributed by atoms with E-state index in [0.29, 0.717) is 0 Å². The number of hydrogen-bond acceptors (Lipinski definition) is 4. The summed E-state index contributed by atoms with van der Waals surface area (Å²) in [7, 11) is 0. The Morgan fingerprint density at radius 3 is 2.36 bits per heavy atom. The number of hydrogen-bond donors (Lipinski definition) is 2. The average Bonchev–Trinajstić information content (AvgIpc) is 2.42. The minimum atomic E-state index is -0.546. The highest BCUT2D eigenvalue weighted by Gasteiger charge is 2.17. The molecule has 1 aromatic rings. The Morgan fingerprint density at radius 2 is 1.77 bits per heavy atom. The number of nitrogens with one attached hydrogen (secondary N) is 2. The number of ether oxygens (including phenoxy) is 2.